The SMILES string of the molecule is O=C(CNc1cc(Cl)cc(Cl)c1)N1CCCC(Nc2ncnc3[nH]ccc23)C1C1CCCC1. The van der Waals surface area contributed by atoms with Gasteiger partial charge in [-0.25, -0.2) is 9.97 Å². The third kappa shape index (κ3) is 4.89. The summed E-state index contributed by atoms with van der Waals surface area (Å²) in [6.45, 7) is 0.988. The zero-order valence-corrected chi connectivity index (χ0v) is 19.9. The van der Waals surface area contributed by atoms with Gasteiger partial charge < -0.3 is 20.5 Å². The summed E-state index contributed by atoms with van der Waals surface area (Å²) in [4.78, 5) is 27.5. The lowest BCUT2D eigenvalue weighted by molar-refractivity contribution is -0.134. The number of anilines is 2. The first kappa shape index (κ1) is 22.3. The molecule has 2 unspecified atom stereocenters. The number of aromatic nitrogens is 3. The van der Waals surface area contributed by atoms with Crippen LogP contribution >= 0.6 is 23.2 Å². The molecule has 1 aliphatic heterocycles. The molecule has 0 bridgehead atoms. The number of benzene rings is 1. The second-order valence-electron chi connectivity index (χ2n) is 8.99. The highest BCUT2D eigenvalue weighted by Gasteiger charge is 2.40. The maximum atomic E-state index is 13.4. The maximum absolute atomic E-state index is 13.4. The summed E-state index contributed by atoms with van der Waals surface area (Å²) in [7, 11) is 0. The van der Waals surface area contributed by atoms with Gasteiger partial charge in [0, 0.05) is 34.5 Å². The van der Waals surface area contributed by atoms with Crippen molar-refractivity contribution >= 4 is 51.6 Å². The topological polar surface area (TPSA) is 85.9 Å². The minimum atomic E-state index is 0.101. The third-order valence-electron chi connectivity index (χ3n) is 6.87. The zero-order chi connectivity index (χ0) is 22.8. The maximum Gasteiger partial charge on any atom is 0.242 e. The number of fused-ring (bicyclic) bond motifs is 1. The Labute approximate surface area is 203 Å². The Balaban J connectivity index is 1.35. The van der Waals surface area contributed by atoms with Gasteiger partial charge in [0.2, 0.25) is 5.91 Å². The van der Waals surface area contributed by atoms with Crippen LogP contribution in [0.3, 0.4) is 0 Å². The molecule has 1 amide bonds. The average Bonchev–Trinajstić information content (AvgIpc) is 3.49. The van der Waals surface area contributed by atoms with Crippen molar-refractivity contribution in [3.05, 3.63) is 46.8 Å². The standard InChI is InChI=1S/C24H28Cl2N6O/c25-16-10-17(26)12-18(11-16)28-13-21(33)32-9-3-6-20(22(32)15-4-1-2-5-15)31-24-19-7-8-27-23(19)29-14-30-24/h7-8,10-12,14-15,20,22,28H,1-6,9,13H2,(H2,27,29,30,31). The predicted molar refractivity (Wildman–Crippen MR) is 133 cm³/mol. The molecular weight excluding hydrogens is 459 g/mol. The number of carbonyl (C=O) groups excluding carboxylic acids is 1. The molecule has 2 aromatic heterocycles. The van der Waals surface area contributed by atoms with Crippen LogP contribution in [0.25, 0.3) is 11.0 Å². The van der Waals surface area contributed by atoms with Gasteiger partial charge in [-0.1, -0.05) is 36.0 Å². The minimum Gasteiger partial charge on any atom is -0.376 e. The number of piperidine rings is 1. The van der Waals surface area contributed by atoms with E-state index in [1.165, 1.54) is 12.8 Å². The fourth-order valence-corrected chi connectivity index (χ4v) is 5.97. The van der Waals surface area contributed by atoms with Crippen LogP contribution in [0.4, 0.5) is 11.5 Å². The van der Waals surface area contributed by atoms with Gasteiger partial charge in [0.1, 0.15) is 17.8 Å². The Kier molecular flexibility index (Phi) is 6.60. The van der Waals surface area contributed by atoms with Gasteiger partial charge in [-0.15, -0.1) is 0 Å². The molecular formula is C24H28Cl2N6O. The van der Waals surface area contributed by atoms with E-state index in [0.717, 1.165) is 54.8 Å². The molecule has 1 aliphatic carbocycles. The minimum absolute atomic E-state index is 0.101. The molecule has 9 heteroatoms. The number of likely N-dealkylation sites (tertiary alicyclic amines) is 1. The van der Waals surface area contributed by atoms with Gasteiger partial charge in [0.15, 0.2) is 0 Å². The van der Waals surface area contributed by atoms with E-state index in [1.54, 1.807) is 24.5 Å². The zero-order valence-electron chi connectivity index (χ0n) is 18.4. The van der Waals surface area contributed by atoms with Crippen molar-refractivity contribution in [2.45, 2.75) is 50.6 Å². The lowest BCUT2D eigenvalue weighted by atomic mass is 9.84. The third-order valence-corrected chi connectivity index (χ3v) is 7.31. The molecule has 3 aromatic rings. The number of hydrogen-bond donors (Lipinski definition) is 3. The molecule has 3 heterocycles. The van der Waals surface area contributed by atoms with Crippen LogP contribution in [-0.2, 0) is 4.79 Å². The van der Waals surface area contributed by atoms with Crippen LogP contribution in [0.15, 0.2) is 36.8 Å². The highest BCUT2D eigenvalue weighted by Crippen LogP contribution is 2.36. The van der Waals surface area contributed by atoms with Crippen LogP contribution in [0.2, 0.25) is 10.0 Å². The number of nitrogens with zero attached hydrogens (tertiary/aromatic N) is 3. The second-order valence-corrected chi connectivity index (χ2v) is 9.86. The molecule has 33 heavy (non-hydrogen) atoms. The number of H-pyrrole nitrogens is 1. The summed E-state index contributed by atoms with van der Waals surface area (Å²) in [5.74, 6) is 1.43. The molecule has 3 N–H and O–H groups in total. The summed E-state index contributed by atoms with van der Waals surface area (Å²) in [6, 6.07) is 7.54. The lowest BCUT2D eigenvalue weighted by Gasteiger charge is -2.45. The molecule has 174 valence electrons. The number of halogens is 2. The molecule has 1 saturated heterocycles. The highest BCUT2D eigenvalue weighted by molar-refractivity contribution is 6.35. The fourth-order valence-electron chi connectivity index (χ4n) is 5.45. The first-order valence-electron chi connectivity index (χ1n) is 11.6. The molecule has 1 aromatic carbocycles. The average molecular weight is 487 g/mol. The van der Waals surface area contributed by atoms with Crippen LogP contribution < -0.4 is 10.6 Å². The van der Waals surface area contributed by atoms with E-state index in [2.05, 4.69) is 30.5 Å². The predicted octanol–water partition coefficient (Wildman–Crippen LogP) is 5.34. The monoisotopic (exact) mass is 486 g/mol. The van der Waals surface area contributed by atoms with Gasteiger partial charge in [-0.3, -0.25) is 4.79 Å². The van der Waals surface area contributed by atoms with Gasteiger partial charge in [-0.2, -0.15) is 0 Å². The van der Waals surface area contributed by atoms with Gasteiger partial charge in [0.05, 0.1) is 18.0 Å². The molecule has 5 rings (SSSR count). The number of rotatable bonds is 6. The van der Waals surface area contributed by atoms with Gasteiger partial charge in [-0.05, 0) is 55.9 Å². The number of carbonyl (C=O) groups is 1. The Morgan fingerprint density at radius 1 is 1.09 bits per heavy atom. The fraction of sp³-hybridized carbons (Fsp3) is 0.458. The molecule has 0 radical (unpaired) electrons. The van der Waals surface area contributed by atoms with Crippen LogP contribution in [-0.4, -0.2) is 50.9 Å². The van der Waals surface area contributed by atoms with Crippen molar-refractivity contribution in [2.24, 2.45) is 5.92 Å². The number of nitrogens with one attached hydrogen (secondary N) is 3. The van der Waals surface area contributed by atoms with E-state index in [-0.39, 0.29) is 24.5 Å². The second kappa shape index (κ2) is 9.77. The van der Waals surface area contributed by atoms with E-state index < -0.39 is 0 Å². The first-order chi connectivity index (χ1) is 16.1. The number of amides is 1. The van der Waals surface area contributed by atoms with Crippen molar-refractivity contribution in [1.82, 2.24) is 19.9 Å². The van der Waals surface area contributed by atoms with Crippen molar-refractivity contribution in [2.75, 3.05) is 23.7 Å². The number of hydrogen-bond acceptors (Lipinski definition) is 5. The first-order valence-corrected chi connectivity index (χ1v) is 12.4. The van der Waals surface area contributed by atoms with Crippen LogP contribution in [0.5, 0.6) is 0 Å². The quantitative estimate of drug-likeness (QED) is 0.437. The summed E-state index contributed by atoms with van der Waals surface area (Å²) in [5.41, 5.74) is 1.57. The van der Waals surface area contributed by atoms with E-state index in [9.17, 15) is 4.79 Å². The molecule has 7 nitrogen and oxygen atoms in total. The van der Waals surface area contributed by atoms with Gasteiger partial charge >= 0.3 is 0 Å². The summed E-state index contributed by atoms with van der Waals surface area (Å²) in [6.07, 6.45) is 10.2. The molecule has 1 saturated carbocycles. The Morgan fingerprint density at radius 3 is 2.67 bits per heavy atom. The van der Waals surface area contributed by atoms with Crippen molar-refractivity contribution in [3.63, 3.8) is 0 Å². The summed E-state index contributed by atoms with van der Waals surface area (Å²) in [5, 5.41) is 8.97. The van der Waals surface area contributed by atoms with Crippen molar-refractivity contribution in [1.29, 1.82) is 0 Å². The molecule has 2 fully saturated rings. The highest BCUT2D eigenvalue weighted by atomic mass is 35.5. The Hall–Kier alpha value is -2.51. The number of aromatic amines is 1. The Morgan fingerprint density at radius 2 is 1.88 bits per heavy atom. The van der Waals surface area contributed by atoms with Crippen LogP contribution in [0, 0.1) is 5.92 Å². The van der Waals surface area contributed by atoms with E-state index >= 15 is 0 Å². The van der Waals surface area contributed by atoms with Gasteiger partial charge in [0.25, 0.3) is 0 Å². The molecule has 2 atom stereocenters. The Bertz CT molecular complexity index is 1110. The van der Waals surface area contributed by atoms with Crippen molar-refractivity contribution < 1.29 is 4.79 Å². The summed E-state index contributed by atoms with van der Waals surface area (Å²) >= 11 is 12.2. The summed E-state index contributed by atoms with van der Waals surface area (Å²) < 4.78 is 0. The van der Waals surface area contributed by atoms with E-state index in [4.69, 9.17) is 23.2 Å². The smallest absolute Gasteiger partial charge is 0.242 e. The van der Waals surface area contributed by atoms with Crippen LogP contribution in [0.1, 0.15) is 38.5 Å². The normalized spacial score (nSPS) is 21.5. The van der Waals surface area contributed by atoms with Crippen molar-refractivity contribution in [3.8, 4) is 0 Å². The largest absolute Gasteiger partial charge is 0.376 e. The van der Waals surface area contributed by atoms with E-state index in [0.29, 0.717) is 16.0 Å². The lowest BCUT2D eigenvalue weighted by Crippen LogP contribution is -2.57. The molecule has 0 spiro atoms. The van der Waals surface area contributed by atoms with E-state index in [1.807, 2.05) is 12.3 Å². The molecule has 2 aliphatic rings.